The van der Waals surface area contributed by atoms with Gasteiger partial charge in [-0.15, -0.1) is 0 Å². The summed E-state index contributed by atoms with van der Waals surface area (Å²) in [6, 6.07) is 3.91. The zero-order valence-corrected chi connectivity index (χ0v) is 13.1. The first-order chi connectivity index (χ1) is 9.82. The summed E-state index contributed by atoms with van der Waals surface area (Å²) >= 11 is 3.29. The van der Waals surface area contributed by atoms with Gasteiger partial charge >= 0.3 is 12.0 Å². The number of carbonyl (C=O) groups excluding carboxylic acids is 1. The highest BCUT2D eigenvalue weighted by Crippen LogP contribution is 2.30. The van der Waals surface area contributed by atoms with Gasteiger partial charge in [-0.1, -0.05) is 15.9 Å². The zero-order chi connectivity index (χ0) is 15.6. The first-order valence-electron chi connectivity index (χ1n) is 6.52. The van der Waals surface area contributed by atoms with E-state index in [1.54, 1.807) is 13.0 Å². The molecule has 2 rings (SSSR count). The van der Waals surface area contributed by atoms with Gasteiger partial charge in [0.05, 0.1) is 5.41 Å². The molecule has 114 valence electrons. The van der Waals surface area contributed by atoms with Crippen LogP contribution in [0.5, 0.6) is 0 Å². The Kier molecular flexibility index (Phi) is 4.51. The lowest BCUT2D eigenvalue weighted by molar-refractivity contribution is -0.147. The Morgan fingerprint density at radius 2 is 2.24 bits per heavy atom. The summed E-state index contributed by atoms with van der Waals surface area (Å²) < 4.78 is 13.9. The van der Waals surface area contributed by atoms with Crippen LogP contribution in [0.3, 0.4) is 0 Å². The topological polar surface area (TPSA) is 69.6 Å². The number of amides is 2. The van der Waals surface area contributed by atoms with Crippen LogP contribution < -0.4 is 5.32 Å². The number of carboxylic acids is 1. The number of aliphatic carboxylic acids is 1. The lowest BCUT2D eigenvalue weighted by atomic mass is 9.90. The third-order valence-electron chi connectivity index (χ3n) is 3.71. The number of hydrogen-bond donors (Lipinski definition) is 2. The van der Waals surface area contributed by atoms with Gasteiger partial charge in [-0.25, -0.2) is 9.18 Å². The molecule has 1 unspecified atom stereocenters. The first-order valence-corrected chi connectivity index (χ1v) is 7.31. The fourth-order valence-corrected chi connectivity index (χ4v) is 2.66. The summed E-state index contributed by atoms with van der Waals surface area (Å²) in [5.41, 5.74) is -0.264. The molecule has 1 aliphatic rings. The quantitative estimate of drug-likeness (QED) is 0.872. The molecule has 1 aromatic rings. The van der Waals surface area contributed by atoms with Crippen LogP contribution >= 0.6 is 15.9 Å². The predicted octanol–water partition coefficient (Wildman–Crippen LogP) is 2.59. The Bertz CT molecular complexity index is 581. The van der Waals surface area contributed by atoms with Crippen LogP contribution in [0.2, 0.25) is 0 Å². The molecule has 5 nitrogen and oxygen atoms in total. The minimum Gasteiger partial charge on any atom is -0.481 e. The van der Waals surface area contributed by atoms with Crippen molar-refractivity contribution in [2.75, 3.05) is 13.1 Å². The van der Waals surface area contributed by atoms with Crippen LogP contribution in [0.4, 0.5) is 9.18 Å². The maximum Gasteiger partial charge on any atom is 0.317 e. The van der Waals surface area contributed by atoms with Crippen molar-refractivity contribution < 1.29 is 19.1 Å². The molecular formula is C14H16BrFN2O3. The summed E-state index contributed by atoms with van der Waals surface area (Å²) in [7, 11) is 0. The van der Waals surface area contributed by atoms with Crippen molar-refractivity contribution in [2.24, 2.45) is 5.41 Å². The second kappa shape index (κ2) is 6.01. The summed E-state index contributed by atoms with van der Waals surface area (Å²) in [5.74, 6) is -1.27. The zero-order valence-electron chi connectivity index (χ0n) is 11.5. The Morgan fingerprint density at radius 3 is 2.86 bits per heavy atom. The molecule has 0 spiro atoms. The number of carboxylic acid groups (broad SMARTS) is 1. The van der Waals surface area contributed by atoms with E-state index in [1.165, 1.54) is 17.0 Å². The van der Waals surface area contributed by atoms with Crippen LogP contribution in [0.15, 0.2) is 22.7 Å². The minimum atomic E-state index is -0.898. The van der Waals surface area contributed by atoms with Crippen molar-refractivity contribution in [3.63, 3.8) is 0 Å². The Hall–Kier alpha value is -1.63. The van der Waals surface area contributed by atoms with E-state index in [1.807, 2.05) is 0 Å². The summed E-state index contributed by atoms with van der Waals surface area (Å²) in [6.45, 7) is 2.39. The number of benzene rings is 1. The van der Waals surface area contributed by atoms with Gasteiger partial charge in [0.1, 0.15) is 5.82 Å². The molecule has 0 aliphatic carbocycles. The van der Waals surface area contributed by atoms with Gasteiger partial charge in [-0.05, 0) is 37.1 Å². The van der Waals surface area contributed by atoms with Gasteiger partial charge in [0, 0.05) is 24.1 Å². The fraction of sp³-hybridized carbons (Fsp3) is 0.429. The molecule has 0 bridgehead atoms. The summed E-state index contributed by atoms with van der Waals surface area (Å²) in [6.07, 6.45) is 0.430. The Balaban J connectivity index is 1.94. The second-order valence-electron chi connectivity index (χ2n) is 5.43. The van der Waals surface area contributed by atoms with Crippen molar-refractivity contribution in [1.82, 2.24) is 10.2 Å². The smallest absolute Gasteiger partial charge is 0.317 e. The number of nitrogens with one attached hydrogen (secondary N) is 1. The van der Waals surface area contributed by atoms with Crippen molar-refractivity contribution in [2.45, 2.75) is 19.9 Å². The molecule has 2 amide bonds. The van der Waals surface area contributed by atoms with E-state index in [2.05, 4.69) is 21.2 Å². The normalized spacial score (nSPS) is 21.4. The van der Waals surface area contributed by atoms with E-state index in [0.717, 1.165) is 0 Å². The van der Waals surface area contributed by atoms with Crippen molar-refractivity contribution >= 4 is 27.9 Å². The fourth-order valence-electron chi connectivity index (χ4n) is 2.27. The first kappa shape index (κ1) is 15.8. The van der Waals surface area contributed by atoms with Crippen LogP contribution in [-0.4, -0.2) is 35.1 Å². The number of urea groups is 1. The Labute approximate surface area is 130 Å². The SMILES string of the molecule is CC1(C(=O)O)CCN(C(=O)NCc2cc(F)ccc2Br)C1. The van der Waals surface area contributed by atoms with Crippen molar-refractivity contribution in [3.8, 4) is 0 Å². The molecule has 1 atom stereocenters. The predicted molar refractivity (Wildman–Crippen MR) is 78.3 cm³/mol. The lowest BCUT2D eigenvalue weighted by Gasteiger charge is -2.20. The highest BCUT2D eigenvalue weighted by Gasteiger charge is 2.42. The maximum absolute atomic E-state index is 13.2. The van der Waals surface area contributed by atoms with Gasteiger partial charge in [0.15, 0.2) is 0 Å². The molecule has 21 heavy (non-hydrogen) atoms. The van der Waals surface area contributed by atoms with E-state index in [4.69, 9.17) is 5.11 Å². The minimum absolute atomic E-state index is 0.178. The van der Waals surface area contributed by atoms with Crippen LogP contribution in [-0.2, 0) is 11.3 Å². The number of carbonyl (C=O) groups is 2. The average Bonchev–Trinajstić information content (AvgIpc) is 2.84. The molecule has 1 saturated heterocycles. The lowest BCUT2D eigenvalue weighted by Crippen LogP contribution is -2.40. The highest BCUT2D eigenvalue weighted by atomic mass is 79.9. The number of halogens is 2. The van der Waals surface area contributed by atoms with Crippen molar-refractivity contribution in [1.29, 1.82) is 0 Å². The molecule has 1 aromatic carbocycles. The van der Waals surface area contributed by atoms with E-state index in [-0.39, 0.29) is 24.9 Å². The number of likely N-dealkylation sites (tertiary alicyclic amines) is 1. The second-order valence-corrected chi connectivity index (χ2v) is 6.29. The van der Waals surface area contributed by atoms with Gasteiger partial charge in [0.2, 0.25) is 0 Å². The summed E-state index contributed by atoms with van der Waals surface area (Å²) in [5, 5.41) is 11.8. The molecule has 0 aromatic heterocycles. The van der Waals surface area contributed by atoms with E-state index in [9.17, 15) is 14.0 Å². The van der Waals surface area contributed by atoms with Gasteiger partial charge in [0.25, 0.3) is 0 Å². The summed E-state index contributed by atoms with van der Waals surface area (Å²) in [4.78, 5) is 24.7. The van der Waals surface area contributed by atoms with Crippen LogP contribution in [0.1, 0.15) is 18.9 Å². The maximum atomic E-state index is 13.2. The third-order valence-corrected chi connectivity index (χ3v) is 4.49. The Morgan fingerprint density at radius 1 is 1.52 bits per heavy atom. The highest BCUT2D eigenvalue weighted by molar-refractivity contribution is 9.10. The van der Waals surface area contributed by atoms with Crippen LogP contribution in [0, 0.1) is 11.2 Å². The third kappa shape index (κ3) is 3.53. The molecule has 1 fully saturated rings. The molecule has 7 heteroatoms. The largest absolute Gasteiger partial charge is 0.481 e. The standard InChI is InChI=1S/C14H16BrFN2O3/c1-14(12(19)20)4-5-18(8-14)13(21)17-7-9-6-10(16)2-3-11(9)15/h2-3,6H,4-5,7-8H2,1H3,(H,17,21)(H,19,20). The van der Waals surface area contributed by atoms with Gasteiger partial charge in [-0.3, -0.25) is 4.79 Å². The van der Waals surface area contributed by atoms with Crippen LogP contribution in [0.25, 0.3) is 0 Å². The van der Waals surface area contributed by atoms with E-state index < -0.39 is 11.4 Å². The van der Waals surface area contributed by atoms with Gasteiger partial charge < -0.3 is 15.3 Å². The number of rotatable bonds is 3. The molecule has 0 saturated carbocycles. The molecular weight excluding hydrogens is 343 g/mol. The van der Waals surface area contributed by atoms with E-state index in [0.29, 0.717) is 23.0 Å². The number of hydrogen-bond acceptors (Lipinski definition) is 2. The molecule has 1 heterocycles. The number of nitrogens with zero attached hydrogens (tertiary/aromatic N) is 1. The van der Waals surface area contributed by atoms with Crippen molar-refractivity contribution in [3.05, 3.63) is 34.1 Å². The molecule has 2 N–H and O–H groups in total. The molecule has 1 aliphatic heterocycles. The average molecular weight is 359 g/mol. The molecule has 0 radical (unpaired) electrons. The van der Waals surface area contributed by atoms with Gasteiger partial charge in [-0.2, -0.15) is 0 Å². The van der Waals surface area contributed by atoms with E-state index >= 15 is 0 Å². The monoisotopic (exact) mass is 358 g/mol.